The number of hydrogen-bond donors (Lipinski definition) is 2. The summed E-state index contributed by atoms with van der Waals surface area (Å²) in [5, 5.41) is 16.4. The molecule has 0 saturated heterocycles. The van der Waals surface area contributed by atoms with Gasteiger partial charge in [0.15, 0.2) is 6.73 Å². The van der Waals surface area contributed by atoms with E-state index < -0.39 is 35.5 Å². The minimum atomic E-state index is -4.48. The van der Waals surface area contributed by atoms with Crippen molar-refractivity contribution >= 4 is 17.6 Å². The van der Waals surface area contributed by atoms with Crippen LogP contribution in [-0.2, 0) is 22.5 Å². The molecule has 3 rings (SSSR count). The van der Waals surface area contributed by atoms with Crippen molar-refractivity contribution in [3.05, 3.63) is 53.4 Å². The van der Waals surface area contributed by atoms with E-state index in [1.54, 1.807) is 26.0 Å². The molecule has 2 atom stereocenters. The van der Waals surface area contributed by atoms with E-state index in [9.17, 15) is 27.9 Å². The van der Waals surface area contributed by atoms with E-state index in [0.29, 0.717) is 23.5 Å². The van der Waals surface area contributed by atoms with Gasteiger partial charge in [0.25, 0.3) is 0 Å². The number of nitrogens with zero attached hydrogens (tertiary/aromatic N) is 2. The van der Waals surface area contributed by atoms with Gasteiger partial charge < -0.3 is 15.2 Å². The van der Waals surface area contributed by atoms with E-state index in [2.05, 4.69) is 10.4 Å². The van der Waals surface area contributed by atoms with Gasteiger partial charge in [0.05, 0.1) is 34.5 Å². The first kappa shape index (κ1) is 22.4. The van der Waals surface area contributed by atoms with Crippen LogP contribution >= 0.6 is 0 Å². The lowest BCUT2D eigenvalue weighted by atomic mass is 9.82. The summed E-state index contributed by atoms with van der Waals surface area (Å²) in [7, 11) is 0. The second kappa shape index (κ2) is 8.83. The minimum absolute atomic E-state index is 0.0336. The highest BCUT2D eigenvalue weighted by Crippen LogP contribution is 2.32. The van der Waals surface area contributed by atoms with Crippen LogP contribution in [0, 0.1) is 25.7 Å². The number of aromatic nitrogens is 2. The van der Waals surface area contributed by atoms with E-state index in [1.165, 1.54) is 16.8 Å². The van der Waals surface area contributed by atoms with Gasteiger partial charge in [0.2, 0.25) is 5.91 Å². The number of allylic oxidation sites excluding steroid dienone is 2. The third-order valence-electron chi connectivity index (χ3n) is 5.23. The Hall–Kier alpha value is -3.30. The Morgan fingerprint density at radius 3 is 2.55 bits per heavy atom. The summed E-state index contributed by atoms with van der Waals surface area (Å²) < 4.78 is 45.4. The first-order chi connectivity index (χ1) is 14.6. The summed E-state index contributed by atoms with van der Waals surface area (Å²) in [5.74, 6) is -2.91. The summed E-state index contributed by atoms with van der Waals surface area (Å²) in [6.45, 7) is 3.19. The maximum atomic E-state index is 12.8. The summed E-state index contributed by atoms with van der Waals surface area (Å²) >= 11 is 0. The Morgan fingerprint density at radius 2 is 1.90 bits per heavy atom. The third kappa shape index (κ3) is 5.07. The van der Waals surface area contributed by atoms with Crippen molar-refractivity contribution in [1.29, 1.82) is 0 Å². The molecule has 166 valence electrons. The van der Waals surface area contributed by atoms with Crippen molar-refractivity contribution < 1.29 is 32.6 Å². The van der Waals surface area contributed by atoms with E-state index in [4.69, 9.17) is 4.74 Å². The molecule has 31 heavy (non-hydrogen) atoms. The summed E-state index contributed by atoms with van der Waals surface area (Å²) in [5.41, 5.74) is 0.630. The van der Waals surface area contributed by atoms with Crippen LogP contribution in [-0.4, -0.2) is 26.8 Å². The lowest BCUT2D eigenvalue weighted by Gasteiger charge is -2.24. The molecule has 1 aromatic carbocycles. The average molecular weight is 437 g/mol. The van der Waals surface area contributed by atoms with E-state index in [1.807, 2.05) is 0 Å². The van der Waals surface area contributed by atoms with Crippen LogP contribution < -0.4 is 10.1 Å². The van der Waals surface area contributed by atoms with Gasteiger partial charge in [0.1, 0.15) is 5.75 Å². The van der Waals surface area contributed by atoms with Gasteiger partial charge >= 0.3 is 12.1 Å². The van der Waals surface area contributed by atoms with Gasteiger partial charge in [-0.3, -0.25) is 9.59 Å². The van der Waals surface area contributed by atoms with Crippen molar-refractivity contribution in [3.63, 3.8) is 0 Å². The number of benzene rings is 1. The van der Waals surface area contributed by atoms with E-state index >= 15 is 0 Å². The molecule has 0 saturated carbocycles. The number of alkyl halides is 3. The number of hydrogen-bond acceptors (Lipinski definition) is 4. The molecule has 0 fully saturated rings. The number of anilines is 1. The maximum absolute atomic E-state index is 12.8. The number of aryl methyl sites for hydroxylation is 1. The maximum Gasteiger partial charge on any atom is 0.416 e. The number of carbonyl (C=O) groups excluding carboxylic acids is 1. The van der Waals surface area contributed by atoms with Crippen molar-refractivity contribution in [1.82, 2.24) is 9.78 Å². The first-order valence-electron chi connectivity index (χ1n) is 9.60. The van der Waals surface area contributed by atoms with E-state index in [0.717, 1.165) is 12.1 Å². The van der Waals surface area contributed by atoms with Crippen molar-refractivity contribution in [2.45, 2.75) is 39.6 Å². The van der Waals surface area contributed by atoms with Crippen LogP contribution in [0.3, 0.4) is 0 Å². The summed E-state index contributed by atoms with van der Waals surface area (Å²) in [6, 6.07) is 4.51. The number of nitrogens with one attached hydrogen (secondary N) is 1. The Labute approximate surface area is 176 Å². The van der Waals surface area contributed by atoms with Crippen molar-refractivity contribution in [3.8, 4) is 5.75 Å². The number of rotatable bonds is 6. The summed E-state index contributed by atoms with van der Waals surface area (Å²) in [4.78, 5) is 24.2. The monoisotopic (exact) mass is 437 g/mol. The highest BCUT2D eigenvalue weighted by molar-refractivity contribution is 5.96. The highest BCUT2D eigenvalue weighted by Gasteiger charge is 2.34. The molecule has 2 N–H and O–H groups in total. The van der Waals surface area contributed by atoms with Crippen molar-refractivity contribution in [2.24, 2.45) is 11.8 Å². The van der Waals surface area contributed by atoms with Gasteiger partial charge in [-0.05, 0) is 44.9 Å². The van der Waals surface area contributed by atoms with Crippen LogP contribution in [0.15, 0.2) is 36.4 Å². The van der Waals surface area contributed by atoms with Gasteiger partial charge in [0, 0.05) is 0 Å². The molecule has 2 unspecified atom stereocenters. The fraction of sp³-hybridized carbons (Fsp3) is 0.381. The molecule has 1 aliphatic carbocycles. The Balaban J connectivity index is 1.72. The van der Waals surface area contributed by atoms with Crippen LogP contribution in [0.5, 0.6) is 5.75 Å². The highest BCUT2D eigenvalue weighted by atomic mass is 19.4. The quantitative estimate of drug-likeness (QED) is 0.662. The summed E-state index contributed by atoms with van der Waals surface area (Å²) in [6.07, 6.45) is -0.321. The first-order valence-corrected chi connectivity index (χ1v) is 9.60. The second-order valence-electron chi connectivity index (χ2n) is 7.33. The number of carbonyl (C=O) groups is 2. The number of halogens is 3. The zero-order valence-electron chi connectivity index (χ0n) is 16.9. The lowest BCUT2D eigenvalue weighted by molar-refractivity contribution is -0.146. The SMILES string of the molecule is Cc1nn(COc2cccc(C(F)(F)F)c2)c(C)c1NC(=O)C1CC=CCC1C(=O)O. The molecule has 10 heteroatoms. The third-order valence-corrected chi connectivity index (χ3v) is 5.23. The number of aliphatic carboxylic acids is 1. The number of ether oxygens (including phenoxy) is 1. The molecule has 0 bridgehead atoms. The molecule has 7 nitrogen and oxygen atoms in total. The van der Waals surface area contributed by atoms with E-state index in [-0.39, 0.29) is 18.9 Å². The predicted octanol–water partition coefficient (Wildman–Crippen LogP) is 4.16. The normalized spacial score (nSPS) is 18.6. The van der Waals surface area contributed by atoms with Crippen LogP contribution in [0.4, 0.5) is 18.9 Å². The van der Waals surface area contributed by atoms with Crippen LogP contribution in [0.2, 0.25) is 0 Å². The van der Waals surface area contributed by atoms with Crippen molar-refractivity contribution in [2.75, 3.05) is 5.32 Å². The fourth-order valence-electron chi connectivity index (χ4n) is 3.49. The molecule has 1 aliphatic rings. The Kier molecular flexibility index (Phi) is 6.37. The Bertz CT molecular complexity index is 1010. The molecule has 2 aromatic rings. The molecule has 1 aromatic heterocycles. The molecule has 1 amide bonds. The molecule has 1 heterocycles. The largest absolute Gasteiger partial charge is 0.481 e. The number of amides is 1. The average Bonchev–Trinajstić information content (AvgIpc) is 2.99. The van der Waals surface area contributed by atoms with Gasteiger partial charge in [-0.1, -0.05) is 18.2 Å². The molecular formula is C21H22F3N3O4. The number of carboxylic acids is 1. The zero-order chi connectivity index (χ0) is 22.8. The second-order valence-corrected chi connectivity index (χ2v) is 7.33. The number of carboxylic acid groups (broad SMARTS) is 1. The van der Waals surface area contributed by atoms with Crippen LogP contribution in [0.25, 0.3) is 0 Å². The van der Waals surface area contributed by atoms with Gasteiger partial charge in [-0.2, -0.15) is 18.3 Å². The topological polar surface area (TPSA) is 93.5 Å². The molecule has 0 radical (unpaired) electrons. The zero-order valence-corrected chi connectivity index (χ0v) is 16.9. The molecule has 0 aliphatic heterocycles. The molecule has 0 spiro atoms. The molecular weight excluding hydrogens is 415 g/mol. The standard InChI is InChI=1S/C21H22F3N3O4/c1-12-18(25-19(28)16-8-3-4-9-17(16)20(29)30)13(2)27(26-12)11-31-15-7-5-6-14(10-15)21(22,23)24/h3-7,10,16-17H,8-9,11H2,1-2H3,(H,25,28)(H,29,30). The fourth-order valence-corrected chi connectivity index (χ4v) is 3.49. The van der Waals surface area contributed by atoms with Gasteiger partial charge in [-0.15, -0.1) is 0 Å². The van der Waals surface area contributed by atoms with Gasteiger partial charge in [-0.25, -0.2) is 4.68 Å². The van der Waals surface area contributed by atoms with Crippen LogP contribution in [0.1, 0.15) is 29.8 Å². The smallest absolute Gasteiger partial charge is 0.416 e. The minimum Gasteiger partial charge on any atom is -0.481 e. The predicted molar refractivity (Wildman–Crippen MR) is 105 cm³/mol. The Morgan fingerprint density at radius 1 is 1.23 bits per heavy atom. The lowest BCUT2D eigenvalue weighted by Crippen LogP contribution is -2.35.